The minimum absolute atomic E-state index is 0.155. The number of carbonyl (C=O) groups excluding carboxylic acids is 1. The molecule has 2 rings (SSSR count). The first-order chi connectivity index (χ1) is 8.09. The average Bonchev–Trinajstić information content (AvgIpc) is 2.35. The van der Waals surface area contributed by atoms with Gasteiger partial charge in [0.2, 0.25) is 0 Å². The summed E-state index contributed by atoms with van der Waals surface area (Å²) in [6.45, 7) is 8.10. The maximum Gasteiger partial charge on any atom is 0.141 e. The predicted molar refractivity (Wildman–Crippen MR) is 69.6 cm³/mol. The molecular formula is C15H21NO. The van der Waals surface area contributed by atoms with E-state index in [1.54, 1.807) is 0 Å². The van der Waals surface area contributed by atoms with Gasteiger partial charge in [0.25, 0.3) is 0 Å². The normalized spacial score (nSPS) is 30.5. The Labute approximate surface area is 104 Å². The molecule has 17 heavy (non-hydrogen) atoms. The summed E-state index contributed by atoms with van der Waals surface area (Å²) in [4.78, 5) is 14.3. The molecule has 1 aliphatic heterocycles. The lowest BCUT2D eigenvalue weighted by molar-refractivity contribution is -0.133. The topological polar surface area (TPSA) is 20.3 Å². The number of carbonyl (C=O) groups is 1. The molecule has 0 aliphatic carbocycles. The van der Waals surface area contributed by atoms with E-state index >= 15 is 0 Å². The van der Waals surface area contributed by atoms with E-state index in [1.807, 2.05) is 13.0 Å². The molecule has 1 saturated heterocycles. The van der Waals surface area contributed by atoms with E-state index in [-0.39, 0.29) is 11.8 Å². The minimum Gasteiger partial charge on any atom is -0.299 e. The Bertz CT molecular complexity index is 387. The lowest BCUT2D eigenvalue weighted by Crippen LogP contribution is -2.50. The van der Waals surface area contributed by atoms with Gasteiger partial charge in [0, 0.05) is 31.0 Å². The first-order valence-electron chi connectivity index (χ1n) is 6.41. The van der Waals surface area contributed by atoms with Crippen LogP contribution in [-0.4, -0.2) is 23.3 Å². The Kier molecular flexibility index (Phi) is 3.63. The third-order valence-corrected chi connectivity index (χ3v) is 3.97. The molecule has 1 heterocycles. The summed E-state index contributed by atoms with van der Waals surface area (Å²) in [5.74, 6) is 0.745. The summed E-state index contributed by atoms with van der Waals surface area (Å²) < 4.78 is 0. The van der Waals surface area contributed by atoms with Gasteiger partial charge >= 0.3 is 0 Å². The molecule has 2 nitrogen and oxygen atoms in total. The van der Waals surface area contributed by atoms with Gasteiger partial charge in [0.05, 0.1) is 0 Å². The van der Waals surface area contributed by atoms with Crippen molar-refractivity contribution in [1.29, 1.82) is 0 Å². The van der Waals surface area contributed by atoms with Gasteiger partial charge in [-0.25, -0.2) is 0 Å². The number of Topliss-reactive ketones (excluding diaryl/α,β-unsaturated/α-hetero) is 1. The van der Waals surface area contributed by atoms with Gasteiger partial charge < -0.3 is 0 Å². The molecule has 1 aliphatic rings. The quantitative estimate of drug-likeness (QED) is 0.780. The standard InChI is InChI=1S/C15H21NO/c1-11-9-16(13(3)12(2)15(11)17)10-14-7-5-4-6-8-14/h4-8,11-13H,9-10H2,1-3H3/t11-,12-,13+/m1/s1. The van der Waals surface area contributed by atoms with Gasteiger partial charge in [-0.3, -0.25) is 9.69 Å². The van der Waals surface area contributed by atoms with Crippen molar-refractivity contribution in [2.45, 2.75) is 33.4 Å². The number of rotatable bonds is 2. The van der Waals surface area contributed by atoms with E-state index in [1.165, 1.54) is 5.56 Å². The molecule has 1 fully saturated rings. The molecule has 1 aromatic rings. The monoisotopic (exact) mass is 231 g/mol. The fourth-order valence-electron chi connectivity index (χ4n) is 2.64. The van der Waals surface area contributed by atoms with Crippen LogP contribution in [0.4, 0.5) is 0 Å². The molecule has 0 amide bonds. The van der Waals surface area contributed by atoms with Gasteiger partial charge in [-0.15, -0.1) is 0 Å². The molecule has 2 heteroatoms. The van der Waals surface area contributed by atoms with E-state index in [0.29, 0.717) is 11.8 Å². The average molecular weight is 231 g/mol. The molecule has 92 valence electrons. The maximum atomic E-state index is 11.9. The summed E-state index contributed by atoms with van der Waals surface area (Å²) >= 11 is 0. The fraction of sp³-hybridized carbons (Fsp3) is 0.533. The number of benzene rings is 1. The summed E-state index contributed by atoms with van der Waals surface area (Å²) in [5, 5.41) is 0. The van der Waals surface area contributed by atoms with Crippen LogP contribution in [0.5, 0.6) is 0 Å². The summed E-state index contributed by atoms with van der Waals surface area (Å²) in [5.41, 5.74) is 1.33. The Morgan fingerprint density at radius 3 is 2.47 bits per heavy atom. The van der Waals surface area contributed by atoms with Crippen LogP contribution in [-0.2, 0) is 11.3 Å². The van der Waals surface area contributed by atoms with Crippen LogP contribution in [0, 0.1) is 11.8 Å². The SMILES string of the molecule is C[C@@H]1CN(Cc2ccccc2)[C@@H](C)[C@@H](C)C1=O. The third kappa shape index (κ3) is 2.58. The predicted octanol–water partition coefficient (Wildman–Crippen LogP) is 2.73. The van der Waals surface area contributed by atoms with Crippen molar-refractivity contribution in [1.82, 2.24) is 4.90 Å². The van der Waals surface area contributed by atoms with Crippen molar-refractivity contribution in [2.24, 2.45) is 11.8 Å². The van der Waals surface area contributed by atoms with Crippen LogP contribution in [0.15, 0.2) is 30.3 Å². The highest BCUT2D eigenvalue weighted by Crippen LogP contribution is 2.25. The molecule has 0 spiro atoms. The summed E-state index contributed by atoms with van der Waals surface area (Å²) in [6.07, 6.45) is 0. The number of hydrogen-bond acceptors (Lipinski definition) is 2. The van der Waals surface area contributed by atoms with Gasteiger partial charge in [-0.05, 0) is 12.5 Å². The second kappa shape index (κ2) is 5.01. The van der Waals surface area contributed by atoms with Crippen LogP contribution >= 0.6 is 0 Å². The van der Waals surface area contributed by atoms with Crippen molar-refractivity contribution < 1.29 is 4.79 Å². The maximum absolute atomic E-state index is 11.9. The third-order valence-electron chi connectivity index (χ3n) is 3.97. The number of nitrogens with zero attached hydrogens (tertiary/aromatic N) is 1. The van der Waals surface area contributed by atoms with Crippen molar-refractivity contribution in [3.8, 4) is 0 Å². The number of hydrogen-bond donors (Lipinski definition) is 0. The molecule has 0 unspecified atom stereocenters. The molecule has 0 bridgehead atoms. The van der Waals surface area contributed by atoms with E-state index in [2.05, 4.69) is 43.0 Å². The molecule has 0 N–H and O–H groups in total. The fourth-order valence-corrected chi connectivity index (χ4v) is 2.64. The molecule has 3 atom stereocenters. The zero-order valence-electron chi connectivity index (χ0n) is 10.9. The van der Waals surface area contributed by atoms with Crippen LogP contribution in [0.3, 0.4) is 0 Å². The van der Waals surface area contributed by atoms with Crippen molar-refractivity contribution >= 4 is 5.78 Å². The summed E-state index contributed by atoms with van der Waals surface area (Å²) in [7, 11) is 0. The first-order valence-corrected chi connectivity index (χ1v) is 6.41. The van der Waals surface area contributed by atoms with E-state index in [9.17, 15) is 4.79 Å². The van der Waals surface area contributed by atoms with Crippen molar-refractivity contribution in [2.75, 3.05) is 6.54 Å². The van der Waals surface area contributed by atoms with E-state index in [0.717, 1.165) is 13.1 Å². The molecule has 0 radical (unpaired) electrons. The Morgan fingerprint density at radius 2 is 1.82 bits per heavy atom. The first kappa shape index (κ1) is 12.3. The number of piperidine rings is 1. The summed E-state index contributed by atoms with van der Waals surface area (Å²) in [6, 6.07) is 10.8. The van der Waals surface area contributed by atoms with Gasteiger partial charge in [-0.1, -0.05) is 44.2 Å². The zero-order valence-corrected chi connectivity index (χ0v) is 10.9. The Hall–Kier alpha value is -1.15. The highest BCUT2D eigenvalue weighted by Gasteiger charge is 2.35. The van der Waals surface area contributed by atoms with Gasteiger partial charge in [-0.2, -0.15) is 0 Å². The Balaban J connectivity index is 2.09. The smallest absolute Gasteiger partial charge is 0.141 e. The van der Waals surface area contributed by atoms with Gasteiger partial charge in [0.1, 0.15) is 5.78 Å². The number of ketones is 1. The van der Waals surface area contributed by atoms with Crippen molar-refractivity contribution in [3.63, 3.8) is 0 Å². The van der Waals surface area contributed by atoms with Crippen LogP contribution in [0.2, 0.25) is 0 Å². The largest absolute Gasteiger partial charge is 0.299 e. The van der Waals surface area contributed by atoms with Crippen LogP contribution in [0.25, 0.3) is 0 Å². The second-order valence-electron chi connectivity index (χ2n) is 5.25. The second-order valence-corrected chi connectivity index (χ2v) is 5.25. The van der Waals surface area contributed by atoms with E-state index in [4.69, 9.17) is 0 Å². The Morgan fingerprint density at radius 1 is 1.18 bits per heavy atom. The lowest BCUT2D eigenvalue weighted by atomic mass is 9.84. The zero-order chi connectivity index (χ0) is 12.4. The van der Waals surface area contributed by atoms with Gasteiger partial charge in [0.15, 0.2) is 0 Å². The van der Waals surface area contributed by atoms with Crippen LogP contribution < -0.4 is 0 Å². The highest BCUT2D eigenvalue weighted by molar-refractivity contribution is 5.84. The highest BCUT2D eigenvalue weighted by atomic mass is 16.1. The minimum atomic E-state index is 0.155. The van der Waals surface area contributed by atoms with Crippen LogP contribution in [0.1, 0.15) is 26.3 Å². The van der Waals surface area contributed by atoms with E-state index < -0.39 is 0 Å². The molecular weight excluding hydrogens is 210 g/mol. The molecule has 0 aromatic heterocycles. The molecule has 0 saturated carbocycles. The lowest BCUT2D eigenvalue weighted by Gasteiger charge is -2.40. The number of likely N-dealkylation sites (tertiary alicyclic amines) is 1. The molecule has 1 aromatic carbocycles. The van der Waals surface area contributed by atoms with Crippen molar-refractivity contribution in [3.05, 3.63) is 35.9 Å².